The van der Waals surface area contributed by atoms with Gasteiger partial charge in [-0.15, -0.1) is 0 Å². The molecule has 0 saturated heterocycles. The Bertz CT molecular complexity index is 478. The molecule has 0 radical (unpaired) electrons. The second kappa shape index (κ2) is 5.62. The predicted octanol–water partition coefficient (Wildman–Crippen LogP) is 0.909. The minimum Gasteiger partial charge on any atom is -0.368 e. The Labute approximate surface area is 111 Å². The van der Waals surface area contributed by atoms with Gasteiger partial charge in [0.25, 0.3) is 0 Å². The Morgan fingerprint density at radius 2 is 2.44 bits per heavy atom. The minimum absolute atomic E-state index is 0.121. The molecular weight excluding hydrogens is 252 g/mol. The molecule has 1 atom stereocenters. The van der Waals surface area contributed by atoms with Gasteiger partial charge in [-0.25, -0.2) is 0 Å². The maximum atomic E-state index is 11.8. The van der Waals surface area contributed by atoms with E-state index in [-0.39, 0.29) is 5.91 Å². The van der Waals surface area contributed by atoms with Gasteiger partial charge < -0.3 is 14.6 Å². The van der Waals surface area contributed by atoms with Crippen LogP contribution in [0.25, 0.3) is 0 Å². The van der Waals surface area contributed by atoms with Crippen LogP contribution in [0, 0.1) is 10.7 Å². The Hall–Kier alpha value is -1.21. The third-order valence-electron chi connectivity index (χ3n) is 3.04. The molecule has 1 saturated carbocycles. The Morgan fingerprint density at radius 3 is 3.00 bits per heavy atom. The van der Waals surface area contributed by atoms with Crippen LogP contribution in [0.15, 0.2) is 0 Å². The smallest absolute Gasteiger partial charge is 0.249 e. The van der Waals surface area contributed by atoms with E-state index in [2.05, 4.69) is 15.5 Å². The summed E-state index contributed by atoms with van der Waals surface area (Å²) in [4.78, 5) is 11.8. The number of aromatic nitrogens is 3. The van der Waals surface area contributed by atoms with Crippen molar-refractivity contribution in [3.8, 4) is 0 Å². The fraction of sp³-hybridized carbons (Fsp3) is 0.727. The average molecular weight is 270 g/mol. The van der Waals surface area contributed by atoms with Crippen LogP contribution in [-0.2, 0) is 23.1 Å². The molecule has 0 unspecified atom stereocenters. The summed E-state index contributed by atoms with van der Waals surface area (Å²) in [5.74, 6) is 1.24. The number of carbonyl (C=O) groups is 1. The maximum absolute atomic E-state index is 11.8. The van der Waals surface area contributed by atoms with E-state index < -0.39 is 6.10 Å². The molecule has 1 heterocycles. The number of nitrogens with zero attached hydrogens (tertiary/aromatic N) is 2. The SMILES string of the molecule is C[C@H](OCC1CC1)C(=O)NCc1n[nH]c(=S)n1C. The van der Waals surface area contributed by atoms with Crippen molar-refractivity contribution in [2.24, 2.45) is 13.0 Å². The van der Waals surface area contributed by atoms with E-state index in [1.54, 1.807) is 18.5 Å². The molecule has 1 aromatic heterocycles. The van der Waals surface area contributed by atoms with Crippen molar-refractivity contribution in [2.45, 2.75) is 32.4 Å². The molecule has 0 bridgehead atoms. The summed E-state index contributed by atoms with van der Waals surface area (Å²) in [5.41, 5.74) is 0. The van der Waals surface area contributed by atoms with Gasteiger partial charge in [0.1, 0.15) is 6.10 Å². The lowest BCUT2D eigenvalue weighted by Crippen LogP contribution is -2.35. The number of ether oxygens (including phenoxy) is 1. The van der Waals surface area contributed by atoms with Crippen molar-refractivity contribution in [1.29, 1.82) is 0 Å². The van der Waals surface area contributed by atoms with Crippen LogP contribution < -0.4 is 5.32 Å². The fourth-order valence-electron chi connectivity index (χ4n) is 1.49. The summed E-state index contributed by atoms with van der Waals surface area (Å²) < 4.78 is 7.75. The number of H-pyrrole nitrogens is 1. The molecular formula is C11H18N4O2S. The largest absolute Gasteiger partial charge is 0.368 e. The first kappa shape index (κ1) is 13.2. The molecule has 1 aliphatic carbocycles. The highest BCUT2D eigenvalue weighted by atomic mass is 32.1. The first-order valence-electron chi connectivity index (χ1n) is 6.07. The summed E-state index contributed by atoms with van der Waals surface area (Å²) in [7, 11) is 1.81. The van der Waals surface area contributed by atoms with E-state index in [4.69, 9.17) is 17.0 Å². The first-order chi connectivity index (χ1) is 8.58. The molecule has 7 heteroatoms. The van der Waals surface area contributed by atoms with Crippen LogP contribution in [-0.4, -0.2) is 33.4 Å². The highest BCUT2D eigenvalue weighted by Crippen LogP contribution is 2.29. The second-order valence-electron chi connectivity index (χ2n) is 4.64. The maximum Gasteiger partial charge on any atom is 0.249 e. The van der Waals surface area contributed by atoms with Crippen molar-refractivity contribution in [2.75, 3.05) is 6.61 Å². The normalized spacial score (nSPS) is 16.6. The van der Waals surface area contributed by atoms with Gasteiger partial charge in [0.05, 0.1) is 13.2 Å². The average Bonchev–Trinajstić information content (AvgIpc) is 3.13. The van der Waals surface area contributed by atoms with E-state index in [0.717, 1.165) is 0 Å². The molecule has 1 aliphatic rings. The van der Waals surface area contributed by atoms with Gasteiger partial charge in [0.2, 0.25) is 5.91 Å². The summed E-state index contributed by atoms with van der Waals surface area (Å²) in [6, 6.07) is 0. The number of carbonyl (C=O) groups excluding carboxylic acids is 1. The lowest BCUT2D eigenvalue weighted by atomic mass is 10.3. The molecule has 18 heavy (non-hydrogen) atoms. The van der Waals surface area contributed by atoms with E-state index in [0.29, 0.717) is 29.7 Å². The van der Waals surface area contributed by atoms with E-state index in [1.165, 1.54) is 12.8 Å². The molecule has 1 fully saturated rings. The predicted molar refractivity (Wildman–Crippen MR) is 68.4 cm³/mol. The molecule has 6 nitrogen and oxygen atoms in total. The summed E-state index contributed by atoms with van der Waals surface area (Å²) in [5, 5.41) is 9.48. The molecule has 0 spiro atoms. The number of nitrogens with one attached hydrogen (secondary N) is 2. The standard InChI is InChI=1S/C11H18N4O2S/c1-7(17-6-8-3-4-8)10(16)12-5-9-13-14-11(18)15(9)2/h7-8H,3-6H2,1-2H3,(H,12,16)(H,14,18)/t7-/m0/s1. The van der Waals surface area contributed by atoms with Gasteiger partial charge in [-0.1, -0.05) is 0 Å². The summed E-state index contributed by atoms with van der Waals surface area (Å²) >= 11 is 4.99. The minimum atomic E-state index is -0.419. The van der Waals surface area contributed by atoms with Crippen LogP contribution in [0.2, 0.25) is 0 Å². The van der Waals surface area contributed by atoms with E-state index in [1.807, 2.05) is 0 Å². The van der Waals surface area contributed by atoms with Crippen molar-refractivity contribution in [3.05, 3.63) is 10.6 Å². The van der Waals surface area contributed by atoms with Gasteiger partial charge in [-0.05, 0) is 37.9 Å². The first-order valence-corrected chi connectivity index (χ1v) is 6.48. The number of hydrogen-bond acceptors (Lipinski definition) is 4. The molecule has 0 aliphatic heterocycles. The zero-order valence-corrected chi connectivity index (χ0v) is 11.4. The van der Waals surface area contributed by atoms with Gasteiger partial charge in [0, 0.05) is 7.05 Å². The van der Waals surface area contributed by atoms with Crippen LogP contribution >= 0.6 is 12.2 Å². The van der Waals surface area contributed by atoms with Crippen LogP contribution in [0.5, 0.6) is 0 Å². The van der Waals surface area contributed by atoms with Crippen LogP contribution in [0.1, 0.15) is 25.6 Å². The number of amides is 1. The highest BCUT2D eigenvalue weighted by Gasteiger charge is 2.24. The summed E-state index contributed by atoms with van der Waals surface area (Å²) in [6.07, 6.45) is 2.02. The van der Waals surface area contributed by atoms with Gasteiger partial charge in [-0.3, -0.25) is 9.89 Å². The molecule has 1 aromatic rings. The van der Waals surface area contributed by atoms with Gasteiger partial charge in [0.15, 0.2) is 10.6 Å². The topological polar surface area (TPSA) is 71.9 Å². The van der Waals surface area contributed by atoms with Crippen molar-refractivity contribution in [1.82, 2.24) is 20.1 Å². The van der Waals surface area contributed by atoms with Crippen LogP contribution in [0.3, 0.4) is 0 Å². The van der Waals surface area contributed by atoms with Crippen LogP contribution in [0.4, 0.5) is 0 Å². The lowest BCUT2D eigenvalue weighted by Gasteiger charge is -2.12. The monoisotopic (exact) mass is 270 g/mol. The van der Waals surface area contributed by atoms with Crippen molar-refractivity contribution >= 4 is 18.1 Å². The zero-order valence-electron chi connectivity index (χ0n) is 10.6. The number of aromatic amines is 1. The quantitative estimate of drug-likeness (QED) is 0.754. The lowest BCUT2D eigenvalue weighted by molar-refractivity contribution is -0.132. The zero-order chi connectivity index (χ0) is 13.1. The van der Waals surface area contributed by atoms with E-state index in [9.17, 15) is 4.79 Å². The number of rotatable bonds is 6. The van der Waals surface area contributed by atoms with Gasteiger partial charge in [-0.2, -0.15) is 5.10 Å². The Morgan fingerprint density at radius 1 is 1.72 bits per heavy atom. The van der Waals surface area contributed by atoms with Crippen molar-refractivity contribution in [3.63, 3.8) is 0 Å². The fourth-order valence-corrected chi connectivity index (χ4v) is 1.64. The third-order valence-corrected chi connectivity index (χ3v) is 3.41. The molecule has 100 valence electrons. The third kappa shape index (κ3) is 3.39. The molecule has 1 amide bonds. The Balaban J connectivity index is 1.76. The second-order valence-corrected chi connectivity index (χ2v) is 5.03. The van der Waals surface area contributed by atoms with Gasteiger partial charge >= 0.3 is 0 Å². The highest BCUT2D eigenvalue weighted by molar-refractivity contribution is 7.71. The molecule has 2 N–H and O–H groups in total. The van der Waals surface area contributed by atoms with Crippen molar-refractivity contribution < 1.29 is 9.53 Å². The van der Waals surface area contributed by atoms with E-state index >= 15 is 0 Å². The Kier molecular flexibility index (Phi) is 4.13. The number of hydrogen-bond donors (Lipinski definition) is 2. The molecule has 2 rings (SSSR count). The summed E-state index contributed by atoms with van der Waals surface area (Å²) in [6.45, 7) is 2.79. The molecule has 0 aromatic carbocycles.